The van der Waals surface area contributed by atoms with E-state index < -0.39 is 15.5 Å². The van der Waals surface area contributed by atoms with E-state index in [9.17, 15) is 13.2 Å². The maximum Gasteiger partial charge on any atom is 0.296 e. The van der Waals surface area contributed by atoms with Crippen LogP contribution in [-0.4, -0.2) is 27.5 Å². The van der Waals surface area contributed by atoms with Gasteiger partial charge in [0.25, 0.3) is 10.1 Å². The van der Waals surface area contributed by atoms with Gasteiger partial charge in [-0.3, -0.25) is 8.98 Å². The number of nitrogens with one attached hydrogen (secondary N) is 1. The van der Waals surface area contributed by atoms with Gasteiger partial charge in [0, 0.05) is 12.5 Å². The first-order valence-electron chi connectivity index (χ1n) is 11.3. The molecule has 0 saturated heterocycles. The van der Waals surface area contributed by atoms with Gasteiger partial charge >= 0.3 is 0 Å². The summed E-state index contributed by atoms with van der Waals surface area (Å²) in [5.41, 5.74) is 2.97. The second-order valence-electron chi connectivity index (χ2n) is 8.51. The van der Waals surface area contributed by atoms with Crippen molar-refractivity contribution in [3.8, 4) is 0 Å². The zero-order chi connectivity index (χ0) is 23.5. The fourth-order valence-corrected chi connectivity index (χ4v) is 5.69. The van der Waals surface area contributed by atoms with Crippen molar-refractivity contribution < 1.29 is 17.4 Å². The minimum Gasteiger partial charge on any atom is -0.355 e. The van der Waals surface area contributed by atoms with Crippen molar-refractivity contribution in [2.24, 2.45) is 0 Å². The first-order valence-corrected chi connectivity index (χ1v) is 12.7. The van der Waals surface area contributed by atoms with E-state index in [1.165, 1.54) is 0 Å². The molecule has 33 heavy (non-hydrogen) atoms. The van der Waals surface area contributed by atoms with Gasteiger partial charge in [-0.2, -0.15) is 8.42 Å². The summed E-state index contributed by atoms with van der Waals surface area (Å²) >= 11 is 0. The third kappa shape index (κ3) is 4.45. The summed E-state index contributed by atoms with van der Waals surface area (Å²) in [6.07, 6.45) is 1.20. The van der Waals surface area contributed by atoms with Crippen molar-refractivity contribution in [2.45, 2.75) is 42.9 Å². The normalized spacial score (nSPS) is 20.1. The fourth-order valence-electron chi connectivity index (χ4n) is 4.74. The lowest BCUT2D eigenvalue weighted by Crippen LogP contribution is -2.48. The van der Waals surface area contributed by atoms with E-state index in [1.807, 2.05) is 68.4 Å². The van der Waals surface area contributed by atoms with Gasteiger partial charge in [0.05, 0.1) is 16.9 Å². The van der Waals surface area contributed by atoms with Crippen LogP contribution in [0.5, 0.6) is 0 Å². The smallest absolute Gasteiger partial charge is 0.296 e. The van der Waals surface area contributed by atoms with Crippen LogP contribution in [0, 0.1) is 6.92 Å². The van der Waals surface area contributed by atoms with E-state index in [0.29, 0.717) is 19.4 Å². The maximum atomic E-state index is 13.5. The Morgan fingerprint density at radius 2 is 1.67 bits per heavy atom. The van der Waals surface area contributed by atoms with E-state index in [1.54, 1.807) is 24.3 Å². The van der Waals surface area contributed by atoms with Gasteiger partial charge in [0.2, 0.25) is 5.91 Å². The Hall–Kier alpha value is -2.96. The standard InChI is InChI=1S/C27H29NO4S/c1-3-28-26(29)27(22-9-5-4-6-10-22)18-17-21(24-11-7-8-12-25(24)27)19-32-33(30,31)23-15-13-20(2)14-16-23/h4-16,21H,3,17-19H2,1-2H3,(H,28,29)/t21-,27?/m0/s1. The first kappa shape index (κ1) is 23.2. The van der Waals surface area contributed by atoms with Crippen LogP contribution in [0.15, 0.2) is 83.8 Å². The molecule has 1 N–H and O–H groups in total. The Labute approximate surface area is 195 Å². The van der Waals surface area contributed by atoms with Gasteiger partial charge in [0.1, 0.15) is 0 Å². The molecule has 0 spiro atoms. The summed E-state index contributed by atoms with van der Waals surface area (Å²) in [4.78, 5) is 13.6. The number of rotatable bonds is 7. The number of fused-ring (bicyclic) bond motifs is 1. The first-order chi connectivity index (χ1) is 15.9. The molecule has 0 radical (unpaired) electrons. The minimum absolute atomic E-state index is 0.0321. The van der Waals surface area contributed by atoms with Crippen LogP contribution < -0.4 is 5.32 Å². The average Bonchev–Trinajstić information content (AvgIpc) is 2.83. The number of likely N-dealkylation sites (N-methyl/N-ethyl adjacent to an activating group) is 1. The number of hydrogen-bond acceptors (Lipinski definition) is 4. The summed E-state index contributed by atoms with van der Waals surface area (Å²) < 4.78 is 31.0. The fraction of sp³-hybridized carbons (Fsp3) is 0.296. The molecule has 2 atom stereocenters. The monoisotopic (exact) mass is 463 g/mol. The highest BCUT2D eigenvalue weighted by molar-refractivity contribution is 7.86. The molecule has 0 aliphatic heterocycles. The lowest BCUT2D eigenvalue weighted by Gasteiger charge is -2.41. The summed E-state index contributed by atoms with van der Waals surface area (Å²) in [5.74, 6) is -0.164. The number of amides is 1. The largest absolute Gasteiger partial charge is 0.355 e. The van der Waals surface area contributed by atoms with Crippen LogP contribution in [0.4, 0.5) is 0 Å². The molecule has 172 valence electrons. The molecule has 1 unspecified atom stereocenters. The molecular weight excluding hydrogens is 434 g/mol. The molecule has 5 nitrogen and oxygen atoms in total. The SMILES string of the molecule is CCNC(=O)C1(c2ccccc2)CC[C@@H](COS(=O)(=O)c2ccc(C)cc2)c2ccccc21. The van der Waals surface area contributed by atoms with Gasteiger partial charge in [-0.25, -0.2) is 0 Å². The number of benzene rings is 3. The van der Waals surface area contributed by atoms with Crippen molar-refractivity contribution in [1.82, 2.24) is 5.32 Å². The Kier molecular flexibility index (Phi) is 6.68. The molecule has 0 aromatic heterocycles. The van der Waals surface area contributed by atoms with Crippen LogP contribution in [0.2, 0.25) is 0 Å². The lowest BCUT2D eigenvalue weighted by atomic mass is 9.63. The van der Waals surface area contributed by atoms with Gasteiger partial charge < -0.3 is 5.32 Å². The molecule has 0 heterocycles. The topological polar surface area (TPSA) is 72.5 Å². The Morgan fingerprint density at radius 3 is 2.36 bits per heavy atom. The molecular formula is C27H29NO4S. The van der Waals surface area contributed by atoms with Crippen LogP contribution in [0.3, 0.4) is 0 Å². The maximum absolute atomic E-state index is 13.5. The van der Waals surface area contributed by atoms with Gasteiger partial charge in [-0.1, -0.05) is 72.3 Å². The highest BCUT2D eigenvalue weighted by atomic mass is 32.2. The predicted octanol–water partition coefficient (Wildman–Crippen LogP) is 4.70. The zero-order valence-corrected chi connectivity index (χ0v) is 19.8. The summed E-state index contributed by atoms with van der Waals surface area (Å²) in [5, 5.41) is 3.03. The van der Waals surface area contributed by atoms with Gasteiger partial charge in [-0.05, 0) is 55.5 Å². The van der Waals surface area contributed by atoms with E-state index in [4.69, 9.17) is 4.18 Å². The highest BCUT2D eigenvalue weighted by Gasteiger charge is 2.46. The lowest BCUT2D eigenvalue weighted by molar-refractivity contribution is -0.125. The Morgan fingerprint density at radius 1 is 1.00 bits per heavy atom. The third-order valence-electron chi connectivity index (χ3n) is 6.45. The van der Waals surface area contributed by atoms with Crippen molar-refractivity contribution in [3.05, 3.63) is 101 Å². The zero-order valence-electron chi connectivity index (χ0n) is 19.0. The molecule has 4 rings (SSSR count). The van der Waals surface area contributed by atoms with Crippen LogP contribution in [0.1, 0.15) is 47.9 Å². The molecule has 1 amide bonds. The van der Waals surface area contributed by atoms with Crippen molar-refractivity contribution in [3.63, 3.8) is 0 Å². The molecule has 1 aliphatic rings. The minimum atomic E-state index is -3.86. The van der Waals surface area contributed by atoms with Crippen molar-refractivity contribution in [2.75, 3.05) is 13.2 Å². The Balaban J connectivity index is 1.68. The molecule has 6 heteroatoms. The van der Waals surface area contributed by atoms with E-state index in [0.717, 1.165) is 22.3 Å². The Bertz CT molecular complexity index is 1220. The predicted molar refractivity (Wildman–Crippen MR) is 129 cm³/mol. The van der Waals surface area contributed by atoms with Crippen molar-refractivity contribution >= 4 is 16.0 Å². The van der Waals surface area contributed by atoms with E-state index in [2.05, 4.69) is 5.32 Å². The second-order valence-corrected chi connectivity index (χ2v) is 10.1. The quantitative estimate of drug-likeness (QED) is 0.516. The second kappa shape index (κ2) is 9.49. The van der Waals surface area contributed by atoms with Gasteiger partial charge in [0.15, 0.2) is 0 Å². The number of carbonyl (C=O) groups excluding carboxylic acids is 1. The van der Waals surface area contributed by atoms with Crippen LogP contribution in [0.25, 0.3) is 0 Å². The number of hydrogen-bond donors (Lipinski definition) is 1. The average molecular weight is 464 g/mol. The molecule has 0 bridgehead atoms. The van der Waals surface area contributed by atoms with Gasteiger partial charge in [-0.15, -0.1) is 0 Å². The van der Waals surface area contributed by atoms with Crippen molar-refractivity contribution in [1.29, 1.82) is 0 Å². The molecule has 3 aromatic rings. The molecule has 3 aromatic carbocycles. The summed E-state index contributed by atoms with van der Waals surface area (Å²) in [6, 6.07) is 24.3. The third-order valence-corrected chi connectivity index (χ3v) is 7.75. The van der Waals surface area contributed by atoms with Crippen LogP contribution in [-0.2, 0) is 24.5 Å². The van der Waals surface area contributed by atoms with Crippen LogP contribution >= 0.6 is 0 Å². The summed E-state index contributed by atoms with van der Waals surface area (Å²) in [6.45, 7) is 4.40. The van der Waals surface area contributed by atoms with E-state index >= 15 is 0 Å². The molecule has 0 fully saturated rings. The molecule has 0 saturated carbocycles. The highest BCUT2D eigenvalue weighted by Crippen LogP contribution is 2.47. The van der Waals surface area contributed by atoms with E-state index in [-0.39, 0.29) is 23.3 Å². The number of carbonyl (C=O) groups is 1. The molecule has 1 aliphatic carbocycles. The summed E-state index contributed by atoms with van der Waals surface area (Å²) in [7, 11) is -3.86. The number of aryl methyl sites for hydroxylation is 1.